The first kappa shape index (κ1) is 13.8. The second-order valence-electron chi connectivity index (χ2n) is 5.02. The molecular formula is C17H18FN3. The predicted octanol–water partition coefficient (Wildman–Crippen LogP) is 3.53. The summed E-state index contributed by atoms with van der Waals surface area (Å²) in [6.45, 7) is 3.46. The number of hydrogen-bond donors (Lipinski definition) is 1. The van der Waals surface area contributed by atoms with E-state index in [1.165, 1.54) is 6.07 Å². The molecule has 21 heavy (non-hydrogen) atoms. The van der Waals surface area contributed by atoms with E-state index in [4.69, 9.17) is 0 Å². The lowest BCUT2D eigenvalue weighted by Crippen LogP contribution is -2.26. The van der Waals surface area contributed by atoms with E-state index in [2.05, 4.69) is 14.9 Å². The van der Waals surface area contributed by atoms with Gasteiger partial charge in [0.15, 0.2) is 0 Å². The Morgan fingerprint density at radius 3 is 2.71 bits per heavy atom. The van der Waals surface area contributed by atoms with Gasteiger partial charge in [-0.15, -0.1) is 0 Å². The maximum atomic E-state index is 14.0. The van der Waals surface area contributed by atoms with Crippen molar-refractivity contribution < 1.29 is 4.39 Å². The van der Waals surface area contributed by atoms with Crippen LogP contribution in [-0.4, -0.2) is 16.1 Å². The fourth-order valence-corrected chi connectivity index (χ4v) is 2.63. The quantitative estimate of drug-likeness (QED) is 0.776. The molecule has 0 aliphatic carbocycles. The van der Waals surface area contributed by atoms with E-state index in [-0.39, 0.29) is 11.9 Å². The molecule has 1 unspecified atom stereocenters. The molecule has 1 heterocycles. The number of benzene rings is 2. The Morgan fingerprint density at radius 1 is 1.14 bits per heavy atom. The molecule has 0 saturated carbocycles. The Hall–Kier alpha value is -2.20. The van der Waals surface area contributed by atoms with Gasteiger partial charge in [0.1, 0.15) is 5.82 Å². The van der Waals surface area contributed by atoms with Gasteiger partial charge in [-0.2, -0.15) is 0 Å². The van der Waals surface area contributed by atoms with Gasteiger partial charge in [-0.3, -0.25) is 0 Å². The minimum atomic E-state index is -0.173. The number of likely N-dealkylation sites (N-methyl/N-ethyl adjacent to an activating group) is 1. The van der Waals surface area contributed by atoms with E-state index >= 15 is 0 Å². The van der Waals surface area contributed by atoms with Crippen molar-refractivity contribution in [1.82, 2.24) is 14.9 Å². The number of fused-ring (bicyclic) bond motifs is 1. The van der Waals surface area contributed by atoms with Crippen molar-refractivity contribution in [3.63, 3.8) is 0 Å². The van der Waals surface area contributed by atoms with Gasteiger partial charge in [-0.1, -0.05) is 37.3 Å². The molecule has 1 N–H and O–H groups in total. The van der Waals surface area contributed by atoms with E-state index in [0.29, 0.717) is 12.1 Å². The minimum absolute atomic E-state index is 0.0752. The van der Waals surface area contributed by atoms with Gasteiger partial charge in [-0.05, 0) is 24.7 Å². The van der Waals surface area contributed by atoms with Crippen molar-refractivity contribution in [2.24, 2.45) is 0 Å². The summed E-state index contributed by atoms with van der Waals surface area (Å²) in [5.41, 5.74) is 2.72. The summed E-state index contributed by atoms with van der Waals surface area (Å²) in [5.74, 6) is -0.173. The van der Waals surface area contributed by atoms with Crippen LogP contribution in [0.4, 0.5) is 4.39 Å². The molecule has 3 rings (SSSR count). The highest BCUT2D eigenvalue weighted by atomic mass is 19.1. The molecule has 108 valence electrons. The van der Waals surface area contributed by atoms with Crippen molar-refractivity contribution in [1.29, 1.82) is 0 Å². The first-order valence-electron chi connectivity index (χ1n) is 7.17. The van der Waals surface area contributed by atoms with Crippen LogP contribution in [0.5, 0.6) is 0 Å². The first-order chi connectivity index (χ1) is 10.3. The average Bonchev–Trinajstić information content (AvgIpc) is 2.91. The van der Waals surface area contributed by atoms with Crippen LogP contribution in [0.25, 0.3) is 11.0 Å². The number of aromatic nitrogens is 2. The zero-order chi connectivity index (χ0) is 14.7. The summed E-state index contributed by atoms with van der Waals surface area (Å²) in [6.07, 6.45) is 1.82. The zero-order valence-electron chi connectivity index (χ0n) is 12.0. The fraction of sp³-hybridized carbons (Fsp3) is 0.235. The maximum Gasteiger partial charge on any atom is 0.128 e. The smallest absolute Gasteiger partial charge is 0.128 e. The Morgan fingerprint density at radius 2 is 1.90 bits per heavy atom. The lowest BCUT2D eigenvalue weighted by molar-refractivity contribution is 0.458. The molecule has 1 atom stereocenters. The van der Waals surface area contributed by atoms with Crippen LogP contribution in [-0.2, 0) is 6.54 Å². The lowest BCUT2D eigenvalue weighted by Gasteiger charge is -2.20. The molecule has 0 aliphatic rings. The number of hydrogen-bond acceptors (Lipinski definition) is 2. The van der Waals surface area contributed by atoms with Crippen molar-refractivity contribution in [3.05, 3.63) is 66.2 Å². The summed E-state index contributed by atoms with van der Waals surface area (Å²) in [6, 6.07) is 14.8. The van der Waals surface area contributed by atoms with E-state index in [1.807, 2.05) is 49.6 Å². The van der Waals surface area contributed by atoms with Gasteiger partial charge >= 0.3 is 0 Å². The monoisotopic (exact) mass is 283 g/mol. The van der Waals surface area contributed by atoms with Gasteiger partial charge in [-0.25, -0.2) is 9.37 Å². The molecule has 0 spiro atoms. The summed E-state index contributed by atoms with van der Waals surface area (Å²) in [7, 11) is 0. The van der Waals surface area contributed by atoms with Crippen LogP contribution in [0.1, 0.15) is 18.5 Å². The largest absolute Gasteiger partial charge is 0.329 e. The van der Waals surface area contributed by atoms with Crippen LogP contribution in [0.3, 0.4) is 0 Å². The molecule has 0 radical (unpaired) electrons. The molecule has 2 aromatic carbocycles. The summed E-state index contributed by atoms with van der Waals surface area (Å²) >= 11 is 0. The highest BCUT2D eigenvalue weighted by molar-refractivity contribution is 5.74. The predicted molar refractivity (Wildman–Crippen MR) is 82.6 cm³/mol. The Bertz CT molecular complexity index is 735. The zero-order valence-corrected chi connectivity index (χ0v) is 12.0. The molecule has 0 saturated heterocycles. The Balaban J connectivity index is 1.94. The molecular weight excluding hydrogens is 265 g/mol. The number of para-hydroxylation sites is 2. The van der Waals surface area contributed by atoms with Crippen LogP contribution in [0.2, 0.25) is 0 Å². The molecule has 0 amide bonds. The number of nitrogens with one attached hydrogen (secondary N) is 1. The first-order valence-corrected chi connectivity index (χ1v) is 7.17. The topological polar surface area (TPSA) is 29.9 Å². The number of halogens is 1. The molecule has 3 aromatic rings. The van der Waals surface area contributed by atoms with E-state index in [9.17, 15) is 4.39 Å². The number of imidazole rings is 1. The third-order valence-electron chi connectivity index (χ3n) is 3.64. The molecule has 3 nitrogen and oxygen atoms in total. The molecule has 0 bridgehead atoms. The average molecular weight is 283 g/mol. The van der Waals surface area contributed by atoms with Gasteiger partial charge in [0.25, 0.3) is 0 Å². The second-order valence-corrected chi connectivity index (χ2v) is 5.02. The highest BCUT2D eigenvalue weighted by Gasteiger charge is 2.16. The van der Waals surface area contributed by atoms with E-state index in [1.54, 1.807) is 6.07 Å². The van der Waals surface area contributed by atoms with Crippen molar-refractivity contribution in [2.45, 2.75) is 19.5 Å². The SMILES string of the molecule is CCNC(Cn1cnc2ccccc21)c1ccccc1F. The van der Waals surface area contributed by atoms with Crippen molar-refractivity contribution in [2.75, 3.05) is 6.54 Å². The standard InChI is InChI=1S/C17H18FN3/c1-2-19-16(13-7-3-4-8-14(13)18)11-21-12-20-15-9-5-6-10-17(15)21/h3-10,12,16,19H,2,11H2,1H3. The normalized spacial score (nSPS) is 12.7. The molecule has 1 aromatic heterocycles. The van der Waals surface area contributed by atoms with E-state index in [0.717, 1.165) is 17.6 Å². The highest BCUT2D eigenvalue weighted by Crippen LogP contribution is 2.21. The minimum Gasteiger partial charge on any atom is -0.329 e. The van der Waals surface area contributed by atoms with E-state index < -0.39 is 0 Å². The lowest BCUT2D eigenvalue weighted by atomic mass is 10.1. The molecule has 4 heteroatoms. The Kier molecular flexibility index (Phi) is 3.97. The van der Waals surface area contributed by atoms with Crippen LogP contribution < -0.4 is 5.32 Å². The van der Waals surface area contributed by atoms with Crippen LogP contribution in [0, 0.1) is 5.82 Å². The third kappa shape index (κ3) is 2.81. The van der Waals surface area contributed by atoms with Crippen molar-refractivity contribution in [3.8, 4) is 0 Å². The number of rotatable bonds is 5. The summed E-state index contributed by atoms with van der Waals surface area (Å²) in [5, 5.41) is 3.35. The number of nitrogens with zero attached hydrogens (tertiary/aromatic N) is 2. The van der Waals surface area contributed by atoms with Crippen LogP contribution >= 0.6 is 0 Å². The van der Waals surface area contributed by atoms with Gasteiger partial charge in [0, 0.05) is 12.1 Å². The van der Waals surface area contributed by atoms with Crippen molar-refractivity contribution >= 4 is 11.0 Å². The maximum absolute atomic E-state index is 14.0. The Labute approximate surface area is 123 Å². The fourth-order valence-electron chi connectivity index (χ4n) is 2.63. The molecule has 0 fully saturated rings. The summed E-state index contributed by atoms with van der Waals surface area (Å²) in [4.78, 5) is 4.39. The van der Waals surface area contributed by atoms with Crippen LogP contribution in [0.15, 0.2) is 54.9 Å². The van der Waals surface area contributed by atoms with Gasteiger partial charge in [0.2, 0.25) is 0 Å². The molecule has 0 aliphatic heterocycles. The van der Waals surface area contributed by atoms with Gasteiger partial charge < -0.3 is 9.88 Å². The second kappa shape index (κ2) is 6.06. The summed E-state index contributed by atoms with van der Waals surface area (Å²) < 4.78 is 16.1. The third-order valence-corrected chi connectivity index (χ3v) is 3.64. The van der Waals surface area contributed by atoms with Gasteiger partial charge in [0.05, 0.1) is 23.4 Å².